The summed E-state index contributed by atoms with van der Waals surface area (Å²) in [5.74, 6) is -0.0162. The fourth-order valence-corrected chi connectivity index (χ4v) is 4.55. The van der Waals surface area contributed by atoms with Crippen molar-refractivity contribution < 1.29 is 23.3 Å². The highest BCUT2D eigenvalue weighted by Crippen LogP contribution is 2.17. The molecular formula is C28H32N2O5S. The van der Waals surface area contributed by atoms with Crippen LogP contribution in [0.5, 0.6) is 5.75 Å². The Kier molecular flexibility index (Phi) is 8.88. The molecule has 0 saturated carbocycles. The van der Waals surface area contributed by atoms with Crippen LogP contribution in [0.1, 0.15) is 31.9 Å². The molecule has 0 fully saturated rings. The fraction of sp³-hybridized carbons (Fsp3) is 0.286. The molecule has 0 aliphatic rings. The van der Waals surface area contributed by atoms with Crippen molar-refractivity contribution in [3.63, 3.8) is 0 Å². The fourth-order valence-electron chi connectivity index (χ4n) is 3.31. The molecule has 0 radical (unpaired) electrons. The number of nitrogens with zero attached hydrogens (tertiary/aromatic N) is 1. The van der Waals surface area contributed by atoms with Gasteiger partial charge >= 0.3 is 6.09 Å². The standard InChI is InChI=1S/C28H32N2O5S/c1-28(2,3)35-27(32)29-25(26(31)30-36(4,33)24-13-9-6-10-14-24)19-21-15-17-23(18-16-21)34-20-22-11-7-5-8-12-22/h5-18,25H,19-20H2,1-4H3,(H,29,32)/t25-,36?/m0/s1. The molecule has 190 valence electrons. The molecule has 0 aromatic heterocycles. The molecule has 2 atom stereocenters. The van der Waals surface area contributed by atoms with Crippen molar-refractivity contribution in [1.29, 1.82) is 0 Å². The molecule has 0 saturated heterocycles. The largest absolute Gasteiger partial charge is 0.489 e. The maximum atomic E-state index is 13.2. The highest BCUT2D eigenvalue weighted by atomic mass is 32.2. The van der Waals surface area contributed by atoms with Gasteiger partial charge in [0.1, 0.15) is 24.0 Å². The zero-order valence-electron chi connectivity index (χ0n) is 21.0. The first-order chi connectivity index (χ1) is 17.0. The smallest absolute Gasteiger partial charge is 0.408 e. The summed E-state index contributed by atoms with van der Waals surface area (Å²) in [6.45, 7) is 5.63. The Hall–Kier alpha value is -3.65. The van der Waals surface area contributed by atoms with E-state index in [-0.39, 0.29) is 6.42 Å². The second-order valence-corrected chi connectivity index (χ2v) is 11.6. The summed E-state index contributed by atoms with van der Waals surface area (Å²) in [4.78, 5) is 26.0. The zero-order chi connectivity index (χ0) is 26.2. The SMILES string of the molecule is CC(C)(C)OC(=O)N[C@@H](Cc1ccc(OCc2ccccc2)cc1)C(=O)N=S(C)(=O)c1ccccc1. The number of benzene rings is 3. The van der Waals surface area contributed by atoms with Crippen LogP contribution in [0, 0.1) is 0 Å². The second-order valence-electron chi connectivity index (χ2n) is 9.37. The van der Waals surface area contributed by atoms with E-state index < -0.39 is 33.4 Å². The van der Waals surface area contributed by atoms with Crippen molar-refractivity contribution in [3.05, 3.63) is 96.1 Å². The van der Waals surface area contributed by atoms with Gasteiger partial charge in [0.05, 0.1) is 9.73 Å². The van der Waals surface area contributed by atoms with Crippen LogP contribution in [0.15, 0.2) is 94.2 Å². The molecule has 8 heteroatoms. The number of amides is 2. The second kappa shape index (κ2) is 11.9. The van der Waals surface area contributed by atoms with Crippen LogP contribution in [0.2, 0.25) is 0 Å². The molecule has 0 heterocycles. The topological polar surface area (TPSA) is 94.1 Å². The van der Waals surface area contributed by atoms with Crippen molar-refractivity contribution in [2.45, 2.75) is 50.3 Å². The molecule has 3 aromatic carbocycles. The third kappa shape index (κ3) is 8.53. The first kappa shape index (κ1) is 26.9. The van der Waals surface area contributed by atoms with Gasteiger partial charge in [-0.05, 0) is 56.2 Å². The van der Waals surface area contributed by atoms with Gasteiger partial charge < -0.3 is 14.8 Å². The van der Waals surface area contributed by atoms with E-state index in [1.165, 1.54) is 6.26 Å². The van der Waals surface area contributed by atoms with E-state index in [0.717, 1.165) is 11.1 Å². The third-order valence-electron chi connectivity index (χ3n) is 5.05. The first-order valence-corrected chi connectivity index (χ1v) is 13.5. The monoisotopic (exact) mass is 508 g/mol. The number of carbonyl (C=O) groups excluding carboxylic acids is 2. The number of hydrogen-bond donors (Lipinski definition) is 1. The lowest BCUT2D eigenvalue weighted by atomic mass is 10.1. The number of ether oxygens (including phenoxy) is 2. The van der Waals surface area contributed by atoms with Crippen molar-refractivity contribution in [1.82, 2.24) is 5.32 Å². The van der Waals surface area contributed by atoms with Crippen LogP contribution in [0.3, 0.4) is 0 Å². The number of hydrogen-bond acceptors (Lipinski definition) is 5. The Morgan fingerprint density at radius 2 is 1.47 bits per heavy atom. The predicted octanol–water partition coefficient (Wildman–Crippen LogP) is 5.38. The lowest BCUT2D eigenvalue weighted by Gasteiger charge is -2.22. The van der Waals surface area contributed by atoms with Crippen LogP contribution >= 0.6 is 0 Å². The van der Waals surface area contributed by atoms with E-state index in [0.29, 0.717) is 17.3 Å². The molecule has 0 bridgehead atoms. The van der Waals surface area contributed by atoms with E-state index in [9.17, 15) is 13.8 Å². The van der Waals surface area contributed by atoms with Gasteiger partial charge in [-0.1, -0.05) is 60.7 Å². The van der Waals surface area contributed by atoms with E-state index in [4.69, 9.17) is 9.47 Å². The van der Waals surface area contributed by atoms with Crippen molar-refractivity contribution >= 4 is 21.7 Å². The van der Waals surface area contributed by atoms with Gasteiger partial charge in [0, 0.05) is 17.6 Å². The van der Waals surface area contributed by atoms with E-state index in [1.807, 2.05) is 42.5 Å². The Bertz CT molecular complexity index is 1280. The average molecular weight is 509 g/mol. The summed E-state index contributed by atoms with van der Waals surface area (Å²) < 4.78 is 28.3. The minimum Gasteiger partial charge on any atom is -0.489 e. The van der Waals surface area contributed by atoms with Crippen molar-refractivity contribution in [2.75, 3.05) is 6.26 Å². The van der Waals surface area contributed by atoms with Gasteiger partial charge in [-0.25, -0.2) is 9.00 Å². The zero-order valence-corrected chi connectivity index (χ0v) is 21.8. The van der Waals surface area contributed by atoms with Crippen LogP contribution in [-0.2, 0) is 32.3 Å². The molecule has 7 nitrogen and oxygen atoms in total. The molecule has 1 unspecified atom stereocenters. The quantitative estimate of drug-likeness (QED) is 0.441. The highest BCUT2D eigenvalue weighted by Gasteiger charge is 2.26. The van der Waals surface area contributed by atoms with Gasteiger partial charge in [0.25, 0.3) is 5.91 Å². The lowest BCUT2D eigenvalue weighted by molar-refractivity contribution is -0.119. The Labute approximate surface area is 213 Å². The van der Waals surface area contributed by atoms with Gasteiger partial charge in [0.2, 0.25) is 0 Å². The van der Waals surface area contributed by atoms with Crippen LogP contribution in [0.4, 0.5) is 4.79 Å². The van der Waals surface area contributed by atoms with Crippen molar-refractivity contribution in [2.24, 2.45) is 4.36 Å². The van der Waals surface area contributed by atoms with Crippen LogP contribution in [0.25, 0.3) is 0 Å². The maximum absolute atomic E-state index is 13.2. The molecular weight excluding hydrogens is 476 g/mol. The number of rotatable bonds is 8. The molecule has 0 spiro atoms. The molecule has 1 N–H and O–H groups in total. The molecule has 36 heavy (non-hydrogen) atoms. The number of carbonyl (C=O) groups is 2. The summed E-state index contributed by atoms with van der Waals surface area (Å²) in [5.41, 5.74) is 1.08. The Morgan fingerprint density at radius 3 is 2.06 bits per heavy atom. The van der Waals surface area contributed by atoms with E-state index >= 15 is 0 Å². The minimum absolute atomic E-state index is 0.144. The van der Waals surface area contributed by atoms with Crippen LogP contribution in [-0.4, -0.2) is 34.1 Å². The van der Waals surface area contributed by atoms with Gasteiger partial charge in [-0.3, -0.25) is 4.79 Å². The normalized spacial score (nSPS) is 13.7. The first-order valence-electron chi connectivity index (χ1n) is 11.6. The third-order valence-corrected chi connectivity index (χ3v) is 6.72. The van der Waals surface area contributed by atoms with E-state index in [1.54, 1.807) is 63.2 Å². The summed E-state index contributed by atoms with van der Waals surface area (Å²) >= 11 is 0. The maximum Gasteiger partial charge on any atom is 0.408 e. The molecule has 0 aliphatic heterocycles. The van der Waals surface area contributed by atoms with Crippen LogP contribution < -0.4 is 10.1 Å². The summed E-state index contributed by atoms with van der Waals surface area (Å²) in [7, 11) is -2.99. The van der Waals surface area contributed by atoms with Gasteiger partial charge in [-0.15, -0.1) is 0 Å². The highest BCUT2D eigenvalue weighted by molar-refractivity contribution is 7.93. The van der Waals surface area contributed by atoms with Crippen molar-refractivity contribution in [3.8, 4) is 5.75 Å². The summed E-state index contributed by atoms with van der Waals surface area (Å²) in [5, 5.41) is 2.60. The number of alkyl carbamates (subject to hydrolysis) is 1. The summed E-state index contributed by atoms with van der Waals surface area (Å²) in [6.07, 6.45) is 0.801. The Morgan fingerprint density at radius 1 is 0.889 bits per heavy atom. The Balaban J connectivity index is 1.77. The van der Waals surface area contributed by atoms with Gasteiger partial charge in [-0.2, -0.15) is 4.36 Å². The number of nitrogens with one attached hydrogen (secondary N) is 1. The predicted molar refractivity (Wildman–Crippen MR) is 140 cm³/mol. The molecule has 3 aromatic rings. The lowest BCUT2D eigenvalue weighted by Crippen LogP contribution is -2.44. The van der Waals surface area contributed by atoms with E-state index in [2.05, 4.69) is 9.68 Å². The average Bonchev–Trinajstić information content (AvgIpc) is 2.83. The van der Waals surface area contributed by atoms with Gasteiger partial charge in [0.15, 0.2) is 0 Å². The molecule has 3 rings (SSSR count). The minimum atomic E-state index is -2.99. The summed E-state index contributed by atoms with van der Waals surface area (Å²) in [6, 6.07) is 24.6. The molecule has 0 aliphatic carbocycles. The molecule has 2 amide bonds.